The highest BCUT2D eigenvalue weighted by molar-refractivity contribution is 7.90. The molecule has 9 nitrogen and oxygen atoms in total. The summed E-state index contributed by atoms with van der Waals surface area (Å²) in [6.07, 6.45) is 4.53. The highest BCUT2D eigenvalue weighted by atomic mass is 32.2. The highest BCUT2D eigenvalue weighted by Crippen LogP contribution is 2.16. The number of carbonyl (C=O) groups excluding carboxylic acids is 3. The first-order valence-electron chi connectivity index (χ1n) is 12.4. The monoisotopic (exact) mass is 536 g/mol. The maximum atomic E-state index is 12.9. The van der Waals surface area contributed by atoms with Crippen molar-refractivity contribution < 1.29 is 27.9 Å². The summed E-state index contributed by atoms with van der Waals surface area (Å²) in [7, 11) is -4.22. The molecule has 1 heterocycles. The second kappa shape index (κ2) is 13.5. The zero-order valence-corrected chi connectivity index (χ0v) is 21.9. The minimum atomic E-state index is -4.22. The average Bonchev–Trinajstić information content (AvgIpc) is 2.89. The van der Waals surface area contributed by atoms with Gasteiger partial charge >= 0.3 is 0 Å². The molecule has 10 heteroatoms. The van der Waals surface area contributed by atoms with E-state index in [2.05, 4.69) is 10.3 Å². The number of aromatic nitrogens is 1. The van der Waals surface area contributed by atoms with E-state index >= 15 is 0 Å². The Balaban J connectivity index is 1.64. The molecular weight excluding hydrogens is 506 g/mol. The smallest absolute Gasteiger partial charge is 0.266 e. The summed E-state index contributed by atoms with van der Waals surface area (Å²) in [5.74, 6) is -2.51. The second-order valence-corrected chi connectivity index (χ2v) is 10.5. The van der Waals surface area contributed by atoms with Gasteiger partial charge in [0, 0.05) is 12.7 Å². The van der Waals surface area contributed by atoms with Crippen LogP contribution in [0.5, 0.6) is 0 Å². The number of aromatic carboxylic acids is 1. The van der Waals surface area contributed by atoms with Crippen LogP contribution in [0, 0.1) is 0 Å². The van der Waals surface area contributed by atoms with Gasteiger partial charge in [-0.3, -0.25) is 14.6 Å². The Bertz CT molecular complexity index is 1390. The standard InChI is InChI=1S/C28H31N3O6S/c1-2-3-5-12-22-18-23(19-30-26(22)28(34)35)27(33)31-38(36,37)24-13-8-11-21(16-24)14-15-29-25(32)17-20-9-6-4-7-10-20/h4,6-11,13,16,18-19H,2-3,5,12,14-15,17H2,1H3,(H,29,32)(H,31,33)(H,34,35)/p-1. The lowest BCUT2D eigenvalue weighted by Crippen LogP contribution is -2.31. The number of sulfonamides is 1. The van der Waals surface area contributed by atoms with E-state index in [1.54, 1.807) is 12.1 Å². The molecular formula is C28H30N3O6S-. The molecule has 2 aromatic carbocycles. The number of carboxylic acid groups (broad SMARTS) is 1. The molecule has 3 rings (SSSR count). The Hall–Kier alpha value is -4.05. The van der Waals surface area contributed by atoms with Crippen LogP contribution in [0.4, 0.5) is 0 Å². The molecule has 0 aliphatic rings. The SMILES string of the molecule is CCCCCc1cc(C(=O)NS(=O)(=O)c2cccc(CCNC(=O)Cc3ccccc3)c2)cnc1C(=O)[O-]. The number of benzene rings is 2. The number of nitrogens with zero attached hydrogens (tertiary/aromatic N) is 1. The Morgan fingerprint density at radius 2 is 1.66 bits per heavy atom. The molecule has 0 aliphatic heterocycles. The van der Waals surface area contributed by atoms with E-state index in [0.717, 1.165) is 24.6 Å². The number of carbonyl (C=O) groups is 3. The topological polar surface area (TPSA) is 145 Å². The molecule has 1 aromatic heterocycles. The van der Waals surface area contributed by atoms with Crippen molar-refractivity contribution in [2.45, 2.75) is 50.3 Å². The third kappa shape index (κ3) is 8.24. The van der Waals surface area contributed by atoms with Crippen molar-refractivity contribution in [1.29, 1.82) is 0 Å². The molecule has 0 aliphatic carbocycles. The number of unbranched alkanes of at least 4 members (excludes halogenated alkanes) is 2. The Morgan fingerprint density at radius 3 is 2.37 bits per heavy atom. The van der Waals surface area contributed by atoms with E-state index in [4.69, 9.17) is 0 Å². The molecule has 0 unspecified atom stereocenters. The van der Waals surface area contributed by atoms with Crippen LogP contribution < -0.4 is 15.1 Å². The quantitative estimate of drug-likeness (QED) is 0.319. The van der Waals surface area contributed by atoms with Gasteiger partial charge in [-0.05, 0) is 54.2 Å². The van der Waals surface area contributed by atoms with Gasteiger partial charge in [0.1, 0.15) is 0 Å². The molecule has 200 valence electrons. The fourth-order valence-corrected chi connectivity index (χ4v) is 4.92. The zero-order valence-electron chi connectivity index (χ0n) is 21.1. The first-order chi connectivity index (χ1) is 18.2. The van der Waals surface area contributed by atoms with E-state index in [-0.39, 0.29) is 28.5 Å². The van der Waals surface area contributed by atoms with Crippen molar-refractivity contribution >= 4 is 27.8 Å². The fraction of sp³-hybridized carbons (Fsp3) is 0.286. The maximum absolute atomic E-state index is 12.9. The lowest BCUT2D eigenvalue weighted by atomic mass is 10.0. The van der Waals surface area contributed by atoms with Crippen LogP contribution in [0.3, 0.4) is 0 Å². The molecule has 0 saturated carbocycles. The third-order valence-corrected chi connectivity index (χ3v) is 7.18. The van der Waals surface area contributed by atoms with Gasteiger partial charge < -0.3 is 15.2 Å². The van der Waals surface area contributed by atoms with Gasteiger partial charge in [-0.2, -0.15) is 0 Å². The van der Waals surface area contributed by atoms with Crippen LogP contribution in [0.15, 0.2) is 71.8 Å². The number of nitrogens with one attached hydrogen (secondary N) is 2. The molecule has 3 aromatic rings. The van der Waals surface area contributed by atoms with Gasteiger partial charge in [-0.1, -0.05) is 62.2 Å². The predicted octanol–water partition coefficient (Wildman–Crippen LogP) is 2.20. The van der Waals surface area contributed by atoms with Gasteiger partial charge in [-0.25, -0.2) is 13.1 Å². The molecule has 0 spiro atoms. The molecule has 0 bridgehead atoms. The fourth-order valence-electron chi connectivity index (χ4n) is 3.87. The van der Waals surface area contributed by atoms with Gasteiger partial charge in [0.05, 0.1) is 28.5 Å². The minimum Gasteiger partial charge on any atom is -0.543 e. The van der Waals surface area contributed by atoms with Gasteiger partial charge in [0.2, 0.25) is 5.91 Å². The van der Waals surface area contributed by atoms with Crippen molar-refractivity contribution in [1.82, 2.24) is 15.0 Å². The number of aryl methyl sites for hydroxylation is 1. The second-order valence-electron chi connectivity index (χ2n) is 8.82. The summed E-state index contributed by atoms with van der Waals surface area (Å²) in [6, 6.07) is 16.8. The predicted molar refractivity (Wildman–Crippen MR) is 140 cm³/mol. The molecule has 0 fully saturated rings. The number of hydrogen-bond donors (Lipinski definition) is 2. The number of amides is 2. The third-order valence-electron chi connectivity index (χ3n) is 5.85. The molecule has 0 saturated heterocycles. The van der Waals surface area contributed by atoms with Crippen LogP contribution >= 0.6 is 0 Å². The number of rotatable bonds is 13. The number of carboxylic acids is 1. The summed E-state index contributed by atoms with van der Waals surface area (Å²) in [5.41, 5.74) is 1.55. The van der Waals surface area contributed by atoms with Gasteiger partial charge in [0.15, 0.2) is 0 Å². The number of hydrogen-bond acceptors (Lipinski definition) is 7. The summed E-state index contributed by atoms with van der Waals surface area (Å²) in [5, 5.41) is 14.2. The average molecular weight is 537 g/mol. The zero-order chi connectivity index (χ0) is 27.5. The Morgan fingerprint density at radius 1 is 0.921 bits per heavy atom. The van der Waals surface area contributed by atoms with E-state index < -0.39 is 21.9 Å². The highest BCUT2D eigenvalue weighted by Gasteiger charge is 2.20. The Kier molecular flexibility index (Phi) is 10.1. The lowest BCUT2D eigenvalue weighted by Gasteiger charge is -2.12. The van der Waals surface area contributed by atoms with Crippen molar-refractivity contribution in [2.75, 3.05) is 6.54 Å². The number of pyridine rings is 1. The molecule has 2 amide bonds. The normalized spacial score (nSPS) is 11.1. The van der Waals surface area contributed by atoms with Crippen LogP contribution in [0.2, 0.25) is 0 Å². The van der Waals surface area contributed by atoms with E-state index in [1.807, 2.05) is 42.0 Å². The van der Waals surface area contributed by atoms with E-state index in [1.165, 1.54) is 18.2 Å². The van der Waals surface area contributed by atoms with Crippen molar-refractivity contribution in [3.8, 4) is 0 Å². The van der Waals surface area contributed by atoms with Crippen molar-refractivity contribution in [3.63, 3.8) is 0 Å². The summed E-state index contributed by atoms with van der Waals surface area (Å²) < 4.78 is 27.8. The van der Waals surface area contributed by atoms with Crippen LogP contribution in [0.25, 0.3) is 0 Å². The van der Waals surface area contributed by atoms with Crippen molar-refractivity contribution in [2.24, 2.45) is 0 Å². The molecule has 2 N–H and O–H groups in total. The summed E-state index contributed by atoms with van der Waals surface area (Å²) in [6.45, 7) is 2.32. The van der Waals surface area contributed by atoms with Crippen LogP contribution in [-0.4, -0.2) is 37.7 Å². The van der Waals surface area contributed by atoms with Gasteiger partial charge in [0.25, 0.3) is 15.9 Å². The lowest BCUT2D eigenvalue weighted by molar-refractivity contribution is -0.255. The van der Waals surface area contributed by atoms with Crippen LogP contribution in [-0.2, 0) is 34.1 Å². The largest absolute Gasteiger partial charge is 0.543 e. The van der Waals surface area contributed by atoms with E-state index in [0.29, 0.717) is 36.9 Å². The molecule has 38 heavy (non-hydrogen) atoms. The van der Waals surface area contributed by atoms with Gasteiger partial charge in [-0.15, -0.1) is 0 Å². The Labute approximate surface area is 222 Å². The van der Waals surface area contributed by atoms with E-state index in [9.17, 15) is 27.9 Å². The molecule has 0 atom stereocenters. The first kappa shape index (κ1) is 28.5. The summed E-state index contributed by atoms with van der Waals surface area (Å²) in [4.78, 5) is 40.0. The first-order valence-corrected chi connectivity index (χ1v) is 13.8. The molecule has 0 radical (unpaired) electrons. The minimum absolute atomic E-state index is 0.0673. The van der Waals surface area contributed by atoms with Crippen LogP contribution in [0.1, 0.15) is 63.7 Å². The van der Waals surface area contributed by atoms with Crippen molar-refractivity contribution in [3.05, 3.63) is 94.8 Å². The maximum Gasteiger partial charge on any atom is 0.266 e. The summed E-state index contributed by atoms with van der Waals surface area (Å²) >= 11 is 0.